The molecule has 0 aromatic carbocycles. The van der Waals surface area contributed by atoms with Gasteiger partial charge in [-0.15, -0.1) is 11.3 Å². The minimum Gasteiger partial charge on any atom is -0.459 e. The largest absolute Gasteiger partial charge is 0.459 e. The van der Waals surface area contributed by atoms with Crippen LogP contribution in [0.5, 0.6) is 0 Å². The second-order valence-electron chi connectivity index (χ2n) is 6.43. The molecular weight excluding hydrogens is 336 g/mol. The summed E-state index contributed by atoms with van der Waals surface area (Å²) in [6, 6.07) is 3.58. The lowest BCUT2D eigenvalue weighted by Gasteiger charge is -2.24. The van der Waals surface area contributed by atoms with Gasteiger partial charge in [-0.2, -0.15) is 0 Å². The number of hydrogen-bond acceptors (Lipinski definition) is 7. The molecule has 0 atom stereocenters. The Hall–Kier alpha value is -1.99. The third kappa shape index (κ3) is 4.76. The van der Waals surface area contributed by atoms with E-state index in [9.17, 15) is 4.79 Å². The van der Waals surface area contributed by atoms with Crippen molar-refractivity contribution >= 4 is 23.1 Å². The average Bonchev–Trinajstić information content (AvgIpc) is 2.99. The van der Waals surface area contributed by atoms with Crippen molar-refractivity contribution in [2.45, 2.75) is 32.9 Å². The number of ether oxygens (including phenoxy) is 1. The van der Waals surface area contributed by atoms with Crippen molar-refractivity contribution in [3.8, 4) is 0 Å². The third-order valence-corrected chi connectivity index (χ3v) is 4.74. The summed E-state index contributed by atoms with van der Waals surface area (Å²) in [7, 11) is 0. The van der Waals surface area contributed by atoms with Gasteiger partial charge in [0.1, 0.15) is 11.4 Å². The molecule has 6 nitrogen and oxygen atoms in total. The van der Waals surface area contributed by atoms with E-state index < -0.39 is 0 Å². The maximum absolute atomic E-state index is 12.4. The molecule has 25 heavy (non-hydrogen) atoms. The first kappa shape index (κ1) is 17.8. The lowest BCUT2D eigenvalue weighted by molar-refractivity contribution is 0.0378. The molecule has 0 unspecified atom stereocenters. The standard InChI is InChI=1S/C18H24N4O2S/c1-14(2)24-18(23)16-5-3-6-19-17(16)22-8-4-7-21(9-10-22)11-15-12-25-13-20-15/h3,5-6,12-14H,4,7-11H2,1-2H3. The van der Waals surface area contributed by atoms with Gasteiger partial charge in [0.15, 0.2) is 0 Å². The highest BCUT2D eigenvalue weighted by atomic mass is 32.1. The first-order valence-corrected chi connectivity index (χ1v) is 9.58. The number of anilines is 1. The Morgan fingerprint density at radius 3 is 2.92 bits per heavy atom. The normalized spacial score (nSPS) is 16.0. The van der Waals surface area contributed by atoms with Crippen LogP contribution in [0, 0.1) is 0 Å². The zero-order chi connectivity index (χ0) is 17.6. The van der Waals surface area contributed by atoms with Crippen molar-refractivity contribution < 1.29 is 9.53 Å². The van der Waals surface area contributed by atoms with Crippen molar-refractivity contribution in [2.75, 3.05) is 31.1 Å². The van der Waals surface area contributed by atoms with Crippen molar-refractivity contribution in [1.82, 2.24) is 14.9 Å². The lowest BCUT2D eigenvalue weighted by atomic mass is 10.2. The molecule has 3 heterocycles. The number of nitrogens with zero attached hydrogens (tertiary/aromatic N) is 4. The molecule has 1 fully saturated rings. The Labute approximate surface area is 152 Å². The molecule has 1 saturated heterocycles. The SMILES string of the molecule is CC(C)OC(=O)c1cccnc1N1CCCN(Cc2cscn2)CC1. The van der Waals surface area contributed by atoms with E-state index in [1.807, 2.05) is 19.4 Å². The van der Waals surface area contributed by atoms with Crippen LogP contribution in [-0.2, 0) is 11.3 Å². The molecular formula is C18H24N4O2S. The minimum absolute atomic E-state index is 0.140. The van der Waals surface area contributed by atoms with Gasteiger partial charge in [0.05, 0.1) is 17.3 Å². The van der Waals surface area contributed by atoms with Crippen LogP contribution in [-0.4, -0.2) is 53.1 Å². The van der Waals surface area contributed by atoms with Crippen molar-refractivity contribution in [3.05, 3.63) is 40.5 Å². The number of thiazole rings is 1. The molecule has 0 saturated carbocycles. The fraction of sp³-hybridized carbons (Fsp3) is 0.500. The van der Waals surface area contributed by atoms with Crippen LogP contribution >= 0.6 is 11.3 Å². The van der Waals surface area contributed by atoms with Crippen LogP contribution < -0.4 is 4.90 Å². The topological polar surface area (TPSA) is 58.6 Å². The van der Waals surface area contributed by atoms with Crippen LogP contribution in [0.15, 0.2) is 29.2 Å². The van der Waals surface area contributed by atoms with Crippen LogP contribution in [0.2, 0.25) is 0 Å². The summed E-state index contributed by atoms with van der Waals surface area (Å²) in [4.78, 5) is 25.8. The summed E-state index contributed by atoms with van der Waals surface area (Å²) >= 11 is 1.63. The summed E-state index contributed by atoms with van der Waals surface area (Å²) in [5, 5.41) is 2.10. The zero-order valence-corrected chi connectivity index (χ0v) is 15.5. The number of esters is 1. The van der Waals surface area contributed by atoms with Gasteiger partial charge in [-0.1, -0.05) is 0 Å². The molecule has 0 N–H and O–H groups in total. The van der Waals surface area contributed by atoms with Crippen molar-refractivity contribution in [2.24, 2.45) is 0 Å². The second kappa shape index (κ2) is 8.40. The van der Waals surface area contributed by atoms with Crippen LogP contribution in [0.3, 0.4) is 0 Å². The molecule has 0 aliphatic carbocycles. The smallest absolute Gasteiger partial charge is 0.342 e. The molecule has 0 amide bonds. The molecule has 0 radical (unpaired) electrons. The Kier molecular flexibility index (Phi) is 5.99. The second-order valence-corrected chi connectivity index (χ2v) is 7.14. The van der Waals surface area contributed by atoms with Gasteiger partial charge in [-0.25, -0.2) is 14.8 Å². The predicted octanol–water partition coefficient (Wildman–Crippen LogP) is 2.82. The lowest BCUT2D eigenvalue weighted by Crippen LogP contribution is -2.32. The molecule has 134 valence electrons. The highest BCUT2D eigenvalue weighted by Crippen LogP contribution is 2.21. The molecule has 0 spiro atoms. The number of carbonyl (C=O) groups excluding carboxylic acids is 1. The molecule has 7 heteroatoms. The molecule has 2 aromatic rings. The van der Waals surface area contributed by atoms with E-state index in [-0.39, 0.29) is 12.1 Å². The van der Waals surface area contributed by atoms with Crippen molar-refractivity contribution in [1.29, 1.82) is 0 Å². The Balaban J connectivity index is 1.69. The van der Waals surface area contributed by atoms with Gasteiger partial charge < -0.3 is 9.64 Å². The Bertz CT molecular complexity index is 690. The average molecular weight is 360 g/mol. The maximum Gasteiger partial charge on any atom is 0.342 e. The van der Waals surface area contributed by atoms with E-state index in [2.05, 4.69) is 25.1 Å². The van der Waals surface area contributed by atoms with Crippen LogP contribution in [0.1, 0.15) is 36.3 Å². The summed E-state index contributed by atoms with van der Waals surface area (Å²) in [5.74, 6) is 0.422. The van der Waals surface area contributed by atoms with Gasteiger partial charge in [0, 0.05) is 44.3 Å². The number of carbonyl (C=O) groups is 1. The number of hydrogen-bond donors (Lipinski definition) is 0. The highest BCUT2D eigenvalue weighted by molar-refractivity contribution is 7.07. The van der Waals surface area contributed by atoms with Gasteiger partial charge >= 0.3 is 5.97 Å². The van der Waals surface area contributed by atoms with E-state index in [0.29, 0.717) is 5.56 Å². The Morgan fingerprint density at radius 2 is 2.16 bits per heavy atom. The highest BCUT2D eigenvalue weighted by Gasteiger charge is 2.22. The monoisotopic (exact) mass is 360 g/mol. The van der Waals surface area contributed by atoms with Crippen molar-refractivity contribution in [3.63, 3.8) is 0 Å². The maximum atomic E-state index is 12.4. The van der Waals surface area contributed by atoms with Crippen LogP contribution in [0.4, 0.5) is 5.82 Å². The van der Waals surface area contributed by atoms with Gasteiger partial charge in [-0.05, 0) is 32.4 Å². The van der Waals surface area contributed by atoms with E-state index in [4.69, 9.17) is 4.74 Å². The Morgan fingerprint density at radius 1 is 1.28 bits per heavy atom. The zero-order valence-electron chi connectivity index (χ0n) is 14.7. The van der Waals surface area contributed by atoms with Gasteiger partial charge in [0.2, 0.25) is 0 Å². The summed E-state index contributed by atoms with van der Waals surface area (Å²) in [5.41, 5.74) is 3.54. The van der Waals surface area contributed by atoms with E-state index >= 15 is 0 Å². The molecule has 0 bridgehead atoms. The molecule has 3 rings (SSSR count). The molecule has 2 aromatic heterocycles. The molecule has 1 aliphatic rings. The first-order valence-electron chi connectivity index (χ1n) is 8.64. The predicted molar refractivity (Wildman–Crippen MR) is 99.0 cm³/mol. The quantitative estimate of drug-likeness (QED) is 0.764. The minimum atomic E-state index is -0.304. The fourth-order valence-electron chi connectivity index (χ4n) is 2.97. The third-order valence-electron chi connectivity index (χ3n) is 4.11. The number of aromatic nitrogens is 2. The fourth-order valence-corrected chi connectivity index (χ4v) is 3.52. The van der Waals surface area contributed by atoms with E-state index in [0.717, 1.165) is 50.7 Å². The molecule has 1 aliphatic heterocycles. The summed E-state index contributed by atoms with van der Waals surface area (Å²) < 4.78 is 5.37. The van der Waals surface area contributed by atoms with Crippen LogP contribution in [0.25, 0.3) is 0 Å². The summed E-state index contributed by atoms with van der Waals surface area (Å²) in [6.45, 7) is 8.25. The number of pyridine rings is 1. The first-order chi connectivity index (χ1) is 12.1. The van der Waals surface area contributed by atoms with Gasteiger partial charge in [0.25, 0.3) is 0 Å². The van der Waals surface area contributed by atoms with Gasteiger partial charge in [-0.3, -0.25) is 4.90 Å². The summed E-state index contributed by atoms with van der Waals surface area (Å²) in [6.07, 6.45) is 2.62. The number of rotatable bonds is 5. The van der Waals surface area contributed by atoms with E-state index in [1.165, 1.54) is 0 Å². The van der Waals surface area contributed by atoms with E-state index in [1.54, 1.807) is 29.7 Å².